The van der Waals surface area contributed by atoms with Gasteiger partial charge in [-0.1, -0.05) is 0 Å². The van der Waals surface area contributed by atoms with Crippen molar-refractivity contribution in [1.29, 1.82) is 0 Å². The van der Waals surface area contributed by atoms with Gasteiger partial charge in [0.05, 0.1) is 6.20 Å². The van der Waals surface area contributed by atoms with Gasteiger partial charge in [0.2, 0.25) is 0 Å². The maximum Gasteiger partial charge on any atom is 0.340 e. The van der Waals surface area contributed by atoms with Crippen LogP contribution in [0, 0.1) is 5.92 Å². The Morgan fingerprint density at radius 3 is 3.05 bits per heavy atom. The van der Waals surface area contributed by atoms with Crippen molar-refractivity contribution in [3.05, 3.63) is 11.8 Å². The van der Waals surface area contributed by atoms with E-state index in [4.69, 9.17) is 5.11 Å². The molecule has 1 aliphatic heterocycles. The molecule has 112 valence electrons. The van der Waals surface area contributed by atoms with Gasteiger partial charge in [-0.25, -0.2) is 13.2 Å². The number of hydrogen-bond donors (Lipinski definition) is 3. The van der Waals surface area contributed by atoms with E-state index in [0.717, 1.165) is 25.6 Å². The Morgan fingerprint density at radius 2 is 2.40 bits per heavy atom. The number of carboxylic acid groups (broad SMARTS) is 1. The van der Waals surface area contributed by atoms with Gasteiger partial charge >= 0.3 is 5.97 Å². The third-order valence-corrected chi connectivity index (χ3v) is 5.25. The zero-order valence-corrected chi connectivity index (χ0v) is 12.0. The molecule has 2 rings (SSSR count). The fourth-order valence-corrected chi connectivity index (χ4v) is 4.07. The summed E-state index contributed by atoms with van der Waals surface area (Å²) in [6.07, 6.45) is 2.74. The lowest BCUT2D eigenvalue weighted by atomic mass is 10.00. The lowest BCUT2D eigenvalue weighted by Crippen LogP contribution is -2.42. The van der Waals surface area contributed by atoms with E-state index in [1.54, 1.807) is 0 Å². The molecule has 1 aliphatic rings. The van der Waals surface area contributed by atoms with Crippen molar-refractivity contribution in [2.24, 2.45) is 5.92 Å². The summed E-state index contributed by atoms with van der Waals surface area (Å²) in [5, 5.41) is 17.5. The number of aromatic carboxylic acids is 1. The molecular formula is C11H18N4O4S. The maximum atomic E-state index is 12.5. The first kappa shape index (κ1) is 14.9. The molecule has 0 aromatic carbocycles. The second-order valence-electron chi connectivity index (χ2n) is 4.85. The molecule has 1 aromatic rings. The number of nitrogens with one attached hydrogen (secondary N) is 2. The van der Waals surface area contributed by atoms with E-state index in [2.05, 4.69) is 15.5 Å². The van der Waals surface area contributed by atoms with Crippen LogP contribution in [0.4, 0.5) is 0 Å². The molecule has 1 fully saturated rings. The molecule has 20 heavy (non-hydrogen) atoms. The van der Waals surface area contributed by atoms with Gasteiger partial charge in [0.15, 0.2) is 5.03 Å². The summed E-state index contributed by atoms with van der Waals surface area (Å²) in [5.41, 5.74) is -0.319. The van der Waals surface area contributed by atoms with Crippen LogP contribution >= 0.6 is 0 Å². The van der Waals surface area contributed by atoms with Crippen LogP contribution in [0.15, 0.2) is 11.2 Å². The van der Waals surface area contributed by atoms with Gasteiger partial charge in [0.1, 0.15) is 5.56 Å². The van der Waals surface area contributed by atoms with Crippen LogP contribution in [0.1, 0.15) is 23.2 Å². The van der Waals surface area contributed by atoms with Crippen molar-refractivity contribution in [3.8, 4) is 0 Å². The Morgan fingerprint density at radius 1 is 1.65 bits per heavy atom. The number of aromatic nitrogens is 2. The van der Waals surface area contributed by atoms with E-state index in [0.29, 0.717) is 13.1 Å². The minimum atomic E-state index is -3.84. The minimum absolute atomic E-state index is 0.236. The van der Waals surface area contributed by atoms with E-state index in [1.165, 1.54) is 4.31 Å². The van der Waals surface area contributed by atoms with E-state index in [9.17, 15) is 13.2 Å². The fourth-order valence-electron chi connectivity index (χ4n) is 2.45. The van der Waals surface area contributed by atoms with Gasteiger partial charge < -0.3 is 10.4 Å². The number of H-pyrrole nitrogens is 1. The Bertz CT molecular complexity index is 581. The molecule has 0 bridgehead atoms. The normalized spacial score (nSPS) is 20.9. The topological polar surface area (TPSA) is 115 Å². The van der Waals surface area contributed by atoms with Gasteiger partial charge in [-0.05, 0) is 32.4 Å². The SMILES string of the molecule is CNCC1CCCN(S(=O)(=O)c2[nH]ncc2C(=O)O)C1. The Balaban J connectivity index is 2.25. The van der Waals surface area contributed by atoms with Crippen molar-refractivity contribution >= 4 is 16.0 Å². The molecule has 8 nitrogen and oxygen atoms in total. The highest BCUT2D eigenvalue weighted by Crippen LogP contribution is 2.24. The van der Waals surface area contributed by atoms with Crippen LogP contribution in [0.25, 0.3) is 0 Å². The molecule has 1 atom stereocenters. The molecule has 2 heterocycles. The fraction of sp³-hybridized carbons (Fsp3) is 0.636. The van der Waals surface area contributed by atoms with Gasteiger partial charge in [0.25, 0.3) is 10.0 Å². The predicted molar refractivity (Wildman–Crippen MR) is 71.0 cm³/mol. The van der Waals surface area contributed by atoms with Gasteiger partial charge in [-0.15, -0.1) is 0 Å². The average molecular weight is 302 g/mol. The van der Waals surface area contributed by atoms with Gasteiger partial charge in [0, 0.05) is 13.1 Å². The molecule has 9 heteroatoms. The zero-order chi connectivity index (χ0) is 14.8. The summed E-state index contributed by atoms with van der Waals surface area (Å²) in [6, 6.07) is 0. The number of aromatic amines is 1. The Hall–Kier alpha value is -1.45. The number of carbonyl (C=O) groups is 1. The number of carboxylic acids is 1. The third-order valence-electron chi connectivity index (χ3n) is 3.41. The number of piperidine rings is 1. The highest BCUT2D eigenvalue weighted by atomic mass is 32.2. The molecule has 1 saturated heterocycles. The van der Waals surface area contributed by atoms with Crippen LogP contribution in [0.2, 0.25) is 0 Å². The summed E-state index contributed by atoms with van der Waals surface area (Å²) < 4.78 is 26.3. The van der Waals surface area contributed by atoms with Crippen molar-refractivity contribution in [1.82, 2.24) is 19.8 Å². The third kappa shape index (κ3) is 2.84. The maximum absolute atomic E-state index is 12.5. The lowest BCUT2D eigenvalue weighted by molar-refractivity contribution is 0.0692. The highest BCUT2D eigenvalue weighted by Gasteiger charge is 2.34. The summed E-state index contributed by atoms with van der Waals surface area (Å²) in [4.78, 5) is 11.0. The second-order valence-corrected chi connectivity index (χ2v) is 6.72. The summed E-state index contributed by atoms with van der Waals surface area (Å²) in [5.74, 6) is -1.07. The van der Waals surface area contributed by atoms with E-state index in [1.807, 2.05) is 7.05 Å². The van der Waals surface area contributed by atoms with Crippen molar-refractivity contribution in [2.75, 3.05) is 26.7 Å². The molecule has 1 unspecified atom stereocenters. The molecule has 0 amide bonds. The number of hydrogen-bond acceptors (Lipinski definition) is 5. The first-order chi connectivity index (χ1) is 9.46. The predicted octanol–water partition coefficient (Wildman–Crippen LogP) is -0.272. The standard InChI is InChI=1S/C11H18N4O4S/c1-12-5-8-3-2-4-15(7-8)20(18,19)10-9(11(16)17)6-13-14-10/h6,8,12H,2-5,7H2,1H3,(H,13,14)(H,16,17). The second kappa shape index (κ2) is 5.90. The van der Waals surface area contributed by atoms with Gasteiger partial charge in [-0.2, -0.15) is 9.40 Å². The Kier molecular flexibility index (Phi) is 4.41. The molecule has 0 spiro atoms. The summed E-state index contributed by atoms with van der Waals surface area (Å²) in [7, 11) is -2.01. The number of rotatable bonds is 5. The monoisotopic (exact) mass is 302 g/mol. The van der Waals surface area contributed by atoms with Crippen LogP contribution in [0.5, 0.6) is 0 Å². The first-order valence-corrected chi connectivity index (χ1v) is 7.82. The summed E-state index contributed by atoms with van der Waals surface area (Å²) in [6.45, 7) is 1.53. The van der Waals surface area contributed by atoms with Gasteiger partial charge in [-0.3, -0.25) is 5.10 Å². The van der Waals surface area contributed by atoms with Crippen LogP contribution in [-0.2, 0) is 10.0 Å². The minimum Gasteiger partial charge on any atom is -0.478 e. The lowest BCUT2D eigenvalue weighted by Gasteiger charge is -2.31. The largest absolute Gasteiger partial charge is 0.478 e. The van der Waals surface area contributed by atoms with Crippen molar-refractivity contribution in [2.45, 2.75) is 17.9 Å². The molecule has 0 saturated carbocycles. The molecule has 1 aromatic heterocycles. The first-order valence-electron chi connectivity index (χ1n) is 6.38. The highest BCUT2D eigenvalue weighted by molar-refractivity contribution is 7.89. The number of nitrogens with zero attached hydrogens (tertiary/aromatic N) is 2. The van der Waals surface area contributed by atoms with E-state index >= 15 is 0 Å². The van der Waals surface area contributed by atoms with E-state index in [-0.39, 0.29) is 16.5 Å². The number of sulfonamides is 1. The molecule has 0 aliphatic carbocycles. The van der Waals surface area contributed by atoms with Crippen molar-refractivity contribution < 1.29 is 18.3 Å². The van der Waals surface area contributed by atoms with E-state index < -0.39 is 16.0 Å². The zero-order valence-electron chi connectivity index (χ0n) is 11.2. The molecular weight excluding hydrogens is 284 g/mol. The van der Waals surface area contributed by atoms with Crippen LogP contribution in [0.3, 0.4) is 0 Å². The molecule has 3 N–H and O–H groups in total. The quantitative estimate of drug-likeness (QED) is 0.689. The Labute approximate surface area is 117 Å². The average Bonchev–Trinajstić information content (AvgIpc) is 2.89. The van der Waals surface area contributed by atoms with Crippen molar-refractivity contribution in [3.63, 3.8) is 0 Å². The van der Waals surface area contributed by atoms with Crippen LogP contribution in [-0.4, -0.2) is 60.7 Å². The summed E-state index contributed by atoms with van der Waals surface area (Å²) >= 11 is 0. The van der Waals surface area contributed by atoms with Crippen LogP contribution < -0.4 is 5.32 Å². The molecule has 0 radical (unpaired) electrons. The smallest absolute Gasteiger partial charge is 0.340 e.